The first-order valence-corrected chi connectivity index (χ1v) is 18.7. The fourth-order valence-corrected chi connectivity index (χ4v) is 8.12. The number of likely N-dealkylation sites (tertiary alicyclic amines) is 1. The molecule has 3 amide bonds. The lowest BCUT2D eigenvalue weighted by Gasteiger charge is -2.35. The molecule has 4 N–H and O–H groups in total. The number of anilines is 2. The number of imide groups is 1. The minimum atomic E-state index is -0.620. The number of piperidine rings is 3. The largest absolute Gasteiger partial charge is 0.404 e. The van der Waals surface area contributed by atoms with Crippen molar-refractivity contribution in [1.29, 1.82) is 0 Å². The van der Waals surface area contributed by atoms with Crippen molar-refractivity contribution in [2.75, 3.05) is 36.4 Å². The zero-order chi connectivity index (χ0) is 36.3. The van der Waals surface area contributed by atoms with Crippen molar-refractivity contribution in [2.24, 2.45) is 10.7 Å². The molecule has 2 unspecified atom stereocenters. The second-order valence-corrected chi connectivity index (χ2v) is 14.5. The summed E-state index contributed by atoms with van der Waals surface area (Å²) in [6.07, 6.45) is 9.80. The molecule has 5 heterocycles. The van der Waals surface area contributed by atoms with E-state index in [0.717, 1.165) is 92.0 Å². The molecule has 3 saturated heterocycles. The van der Waals surface area contributed by atoms with Crippen LogP contribution in [0.3, 0.4) is 0 Å². The lowest BCUT2D eigenvalue weighted by atomic mass is 10.0. The van der Waals surface area contributed by atoms with E-state index in [1.54, 1.807) is 17.3 Å². The second-order valence-electron chi connectivity index (χ2n) is 14.5. The minimum absolute atomic E-state index is 0.148. The van der Waals surface area contributed by atoms with Crippen LogP contribution in [0.2, 0.25) is 0 Å². The molecular weight excluding hydrogens is 667 g/mol. The highest BCUT2D eigenvalue weighted by Gasteiger charge is 2.40. The SMILES string of the molecule is NC=C(C=NC1CCN(c2cccc(CN3CCCC(Nc4cccc5c4CN(C4CCC(=O)NC4=O)C5=O)C3)c2)CC1)c1cnc2ccccc2n1. The van der Waals surface area contributed by atoms with E-state index in [1.165, 1.54) is 11.3 Å². The summed E-state index contributed by atoms with van der Waals surface area (Å²) in [7, 11) is 0. The number of nitrogens with zero attached hydrogens (tertiary/aromatic N) is 6. The third-order valence-corrected chi connectivity index (χ3v) is 10.9. The first kappa shape index (κ1) is 34.5. The maximum Gasteiger partial charge on any atom is 0.255 e. The van der Waals surface area contributed by atoms with Crippen molar-refractivity contribution in [3.63, 3.8) is 0 Å². The van der Waals surface area contributed by atoms with Gasteiger partial charge in [-0.2, -0.15) is 0 Å². The number of aromatic nitrogens is 2. The zero-order valence-electron chi connectivity index (χ0n) is 29.8. The van der Waals surface area contributed by atoms with E-state index in [1.807, 2.05) is 48.7 Å². The zero-order valence-corrected chi connectivity index (χ0v) is 29.8. The highest BCUT2D eigenvalue weighted by atomic mass is 16.2. The fraction of sp³-hybridized carbons (Fsp3) is 0.366. The number of hydrogen-bond donors (Lipinski definition) is 3. The van der Waals surface area contributed by atoms with Crippen LogP contribution in [-0.2, 0) is 22.7 Å². The summed E-state index contributed by atoms with van der Waals surface area (Å²) < 4.78 is 0. The van der Waals surface area contributed by atoms with Gasteiger partial charge >= 0.3 is 0 Å². The molecule has 12 nitrogen and oxygen atoms in total. The van der Waals surface area contributed by atoms with Crippen LogP contribution in [0.4, 0.5) is 11.4 Å². The number of para-hydroxylation sites is 2. The number of allylic oxidation sites excluding steroid dienone is 1. The Kier molecular flexibility index (Phi) is 9.86. The van der Waals surface area contributed by atoms with Gasteiger partial charge < -0.3 is 20.9 Å². The summed E-state index contributed by atoms with van der Waals surface area (Å²) in [5, 5.41) is 6.14. The van der Waals surface area contributed by atoms with Gasteiger partial charge in [0.1, 0.15) is 6.04 Å². The summed E-state index contributed by atoms with van der Waals surface area (Å²) in [5.41, 5.74) is 14.2. The molecule has 0 saturated carbocycles. The molecule has 53 heavy (non-hydrogen) atoms. The number of nitrogens with two attached hydrogens (primary N) is 1. The van der Waals surface area contributed by atoms with Crippen LogP contribution >= 0.6 is 0 Å². The Morgan fingerprint density at radius 2 is 1.79 bits per heavy atom. The Morgan fingerprint density at radius 1 is 0.962 bits per heavy atom. The average molecular weight is 712 g/mol. The molecule has 8 rings (SSSR count). The summed E-state index contributed by atoms with van der Waals surface area (Å²) in [5.74, 6) is -0.815. The minimum Gasteiger partial charge on any atom is -0.404 e. The van der Waals surface area contributed by atoms with Gasteiger partial charge in [0.05, 0.1) is 29.0 Å². The van der Waals surface area contributed by atoms with Crippen molar-refractivity contribution in [3.8, 4) is 0 Å². The van der Waals surface area contributed by atoms with Crippen LogP contribution in [0.1, 0.15) is 65.7 Å². The molecule has 0 aliphatic carbocycles. The Balaban J connectivity index is 0.851. The first-order valence-electron chi connectivity index (χ1n) is 18.7. The van der Waals surface area contributed by atoms with E-state index in [-0.39, 0.29) is 36.2 Å². The second kappa shape index (κ2) is 15.2. The number of benzene rings is 3. The number of rotatable bonds is 9. The van der Waals surface area contributed by atoms with Crippen LogP contribution in [0.5, 0.6) is 0 Å². The molecule has 4 aromatic rings. The van der Waals surface area contributed by atoms with Gasteiger partial charge in [0, 0.05) is 85.7 Å². The van der Waals surface area contributed by atoms with Crippen LogP contribution < -0.4 is 21.3 Å². The predicted octanol–water partition coefficient (Wildman–Crippen LogP) is 4.51. The number of carbonyl (C=O) groups excluding carboxylic acids is 3. The first-order chi connectivity index (χ1) is 25.9. The molecule has 1 aromatic heterocycles. The van der Waals surface area contributed by atoms with Gasteiger partial charge in [-0.25, -0.2) is 4.98 Å². The third kappa shape index (κ3) is 7.50. The van der Waals surface area contributed by atoms with E-state index in [2.05, 4.69) is 49.7 Å². The summed E-state index contributed by atoms with van der Waals surface area (Å²) >= 11 is 0. The van der Waals surface area contributed by atoms with Crippen LogP contribution in [0.15, 0.2) is 84.1 Å². The van der Waals surface area contributed by atoms with E-state index >= 15 is 0 Å². The summed E-state index contributed by atoms with van der Waals surface area (Å²) in [4.78, 5) is 58.3. The van der Waals surface area contributed by atoms with E-state index in [4.69, 9.17) is 15.7 Å². The van der Waals surface area contributed by atoms with Gasteiger partial charge in [-0.1, -0.05) is 30.3 Å². The van der Waals surface area contributed by atoms with Gasteiger partial charge in [0.2, 0.25) is 11.8 Å². The van der Waals surface area contributed by atoms with Gasteiger partial charge in [0.25, 0.3) is 5.91 Å². The highest BCUT2D eigenvalue weighted by molar-refractivity contribution is 6.09. The van der Waals surface area contributed by atoms with Crippen molar-refractivity contribution in [1.82, 2.24) is 25.1 Å². The summed E-state index contributed by atoms with van der Waals surface area (Å²) in [6.45, 7) is 5.03. The molecule has 3 aromatic carbocycles. The molecule has 4 aliphatic rings. The monoisotopic (exact) mass is 711 g/mol. The highest BCUT2D eigenvalue weighted by Crippen LogP contribution is 2.33. The quantitative estimate of drug-likeness (QED) is 0.169. The Labute approximate surface area is 309 Å². The Bertz CT molecular complexity index is 2090. The van der Waals surface area contributed by atoms with Crippen LogP contribution in [0, 0.1) is 0 Å². The molecule has 12 heteroatoms. The average Bonchev–Trinajstić information content (AvgIpc) is 3.52. The molecule has 0 radical (unpaired) electrons. The smallest absolute Gasteiger partial charge is 0.255 e. The maximum absolute atomic E-state index is 13.3. The number of aliphatic imine (C=N–C) groups is 1. The molecular formula is C41H45N9O3. The van der Waals surface area contributed by atoms with Crippen LogP contribution in [0.25, 0.3) is 16.6 Å². The molecule has 0 spiro atoms. The summed E-state index contributed by atoms with van der Waals surface area (Å²) in [6, 6.07) is 22.3. The number of hydrogen-bond acceptors (Lipinski definition) is 10. The molecule has 3 fully saturated rings. The lowest BCUT2D eigenvalue weighted by Crippen LogP contribution is -2.52. The topological polar surface area (TPSA) is 149 Å². The number of fused-ring (bicyclic) bond motifs is 2. The van der Waals surface area contributed by atoms with Gasteiger partial charge in [-0.15, -0.1) is 0 Å². The standard InChI is InChI=1S/C41H45N9O3/c42-21-28(37-23-44-35-10-1-2-11-36(35)46-37)22-43-29-15-18-49(19-16-29)31-8-3-6-27(20-31)24-48-17-5-7-30(25-48)45-34-12-4-9-32-33(34)26-50(41(32)53)38-13-14-39(51)47-40(38)52/h1-4,6,8-12,20-23,29-30,38,45H,5,7,13-19,24-26,42H2,(H,47,51,52). The van der Waals surface area contributed by atoms with Crippen molar-refractivity contribution in [3.05, 3.63) is 102 Å². The van der Waals surface area contributed by atoms with Gasteiger partial charge in [-0.05, 0) is 80.6 Å². The van der Waals surface area contributed by atoms with Crippen molar-refractivity contribution < 1.29 is 14.4 Å². The van der Waals surface area contributed by atoms with E-state index in [0.29, 0.717) is 18.5 Å². The maximum atomic E-state index is 13.3. The molecule has 0 bridgehead atoms. The van der Waals surface area contributed by atoms with Gasteiger partial charge in [-0.3, -0.25) is 34.6 Å². The number of amides is 3. The fourth-order valence-electron chi connectivity index (χ4n) is 8.12. The third-order valence-electron chi connectivity index (χ3n) is 10.9. The van der Waals surface area contributed by atoms with Crippen molar-refractivity contribution >= 4 is 51.9 Å². The van der Waals surface area contributed by atoms with Crippen LogP contribution in [-0.4, -0.2) is 88.0 Å². The van der Waals surface area contributed by atoms with Gasteiger partial charge in [0.15, 0.2) is 0 Å². The number of carbonyl (C=O) groups is 3. The predicted molar refractivity (Wildman–Crippen MR) is 206 cm³/mol. The van der Waals surface area contributed by atoms with E-state index < -0.39 is 6.04 Å². The van der Waals surface area contributed by atoms with Crippen molar-refractivity contribution in [2.45, 2.75) is 69.7 Å². The Morgan fingerprint density at radius 3 is 2.62 bits per heavy atom. The lowest BCUT2D eigenvalue weighted by molar-refractivity contribution is -0.136. The van der Waals surface area contributed by atoms with E-state index in [9.17, 15) is 14.4 Å². The molecule has 4 aliphatic heterocycles. The molecule has 2 atom stereocenters. The molecule has 272 valence electrons. The Hall–Kier alpha value is -5.62. The number of nitrogens with one attached hydrogen (secondary N) is 2. The normalized spacial score (nSPS) is 21.7.